The number of hydrogen-bond donors (Lipinski definition) is 1. The quantitative estimate of drug-likeness (QED) is 0.903. The van der Waals surface area contributed by atoms with Crippen molar-refractivity contribution >= 4 is 0 Å². The van der Waals surface area contributed by atoms with E-state index in [4.69, 9.17) is 14.2 Å². The van der Waals surface area contributed by atoms with E-state index >= 15 is 0 Å². The second-order valence-electron chi connectivity index (χ2n) is 5.89. The molecule has 1 aromatic rings. The van der Waals surface area contributed by atoms with E-state index in [0.29, 0.717) is 0 Å². The number of aromatic nitrogens is 2. The normalized spacial score (nSPS) is 30.0. The molecule has 3 rings (SSSR count). The van der Waals surface area contributed by atoms with Crippen molar-refractivity contribution in [3.05, 3.63) is 11.7 Å². The average Bonchev–Trinajstić information content (AvgIpc) is 3.18. The highest BCUT2D eigenvalue weighted by Gasteiger charge is 2.44. The Kier molecular flexibility index (Phi) is 3.35. The van der Waals surface area contributed by atoms with Crippen LogP contribution in [0.4, 0.5) is 0 Å². The molecule has 1 aliphatic heterocycles. The van der Waals surface area contributed by atoms with Crippen LogP contribution in [0.5, 0.6) is 0 Å². The summed E-state index contributed by atoms with van der Waals surface area (Å²) >= 11 is 0. The van der Waals surface area contributed by atoms with Crippen LogP contribution >= 0.6 is 0 Å². The Hall–Kier alpha value is -0.940. The third-order valence-corrected chi connectivity index (χ3v) is 5.01. The molecule has 1 N–H and O–H groups in total. The van der Waals surface area contributed by atoms with Gasteiger partial charge in [0.1, 0.15) is 5.60 Å². The molecule has 0 amide bonds. The van der Waals surface area contributed by atoms with Gasteiger partial charge in [0.15, 0.2) is 0 Å². The fraction of sp³-hybridized carbons (Fsp3) is 0.857. The molecule has 1 aliphatic carbocycles. The fourth-order valence-corrected chi connectivity index (χ4v) is 3.47. The Balaban J connectivity index is 1.90. The van der Waals surface area contributed by atoms with Crippen molar-refractivity contribution in [3.8, 4) is 0 Å². The average molecular weight is 265 g/mol. The second-order valence-corrected chi connectivity index (χ2v) is 5.89. The van der Waals surface area contributed by atoms with Crippen LogP contribution < -0.4 is 5.32 Å². The number of rotatable bonds is 4. The Morgan fingerprint density at radius 1 is 1.32 bits per heavy atom. The molecule has 19 heavy (non-hydrogen) atoms. The summed E-state index contributed by atoms with van der Waals surface area (Å²) < 4.78 is 11.3. The Labute approximate surface area is 114 Å². The lowest BCUT2D eigenvalue weighted by molar-refractivity contribution is -0.0178. The maximum Gasteiger partial charge on any atom is 0.234 e. The lowest BCUT2D eigenvalue weighted by Crippen LogP contribution is -2.30. The minimum absolute atomic E-state index is 0.0266. The van der Waals surface area contributed by atoms with Gasteiger partial charge in [-0.1, -0.05) is 12.1 Å². The van der Waals surface area contributed by atoms with Crippen LogP contribution in [-0.2, 0) is 15.8 Å². The molecular weight excluding hydrogens is 242 g/mol. The van der Waals surface area contributed by atoms with Gasteiger partial charge in [0.05, 0.1) is 5.41 Å². The number of nitrogens with one attached hydrogen (secondary N) is 1. The van der Waals surface area contributed by atoms with Crippen molar-refractivity contribution in [2.75, 3.05) is 20.2 Å². The molecule has 2 fully saturated rings. The molecule has 1 atom stereocenters. The zero-order valence-corrected chi connectivity index (χ0v) is 11.9. The highest BCUT2D eigenvalue weighted by Crippen LogP contribution is 2.41. The second kappa shape index (κ2) is 4.87. The van der Waals surface area contributed by atoms with Crippen LogP contribution in [0.3, 0.4) is 0 Å². The lowest BCUT2D eigenvalue weighted by Gasteiger charge is -2.23. The third-order valence-electron chi connectivity index (χ3n) is 5.01. The first-order valence-electron chi connectivity index (χ1n) is 7.35. The molecule has 5 heteroatoms. The summed E-state index contributed by atoms with van der Waals surface area (Å²) in [5.74, 6) is 1.54. The predicted molar refractivity (Wildman–Crippen MR) is 70.9 cm³/mol. The summed E-state index contributed by atoms with van der Waals surface area (Å²) in [6.45, 7) is 4.16. The van der Waals surface area contributed by atoms with Crippen molar-refractivity contribution in [1.29, 1.82) is 0 Å². The van der Waals surface area contributed by atoms with Crippen LogP contribution in [0.1, 0.15) is 57.2 Å². The van der Waals surface area contributed by atoms with Gasteiger partial charge >= 0.3 is 0 Å². The van der Waals surface area contributed by atoms with Gasteiger partial charge in [0.25, 0.3) is 0 Å². The highest BCUT2D eigenvalue weighted by molar-refractivity contribution is 5.13. The first-order valence-corrected chi connectivity index (χ1v) is 7.35. The summed E-state index contributed by atoms with van der Waals surface area (Å²) in [4.78, 5) is 4.72. The molecule has 2 heterocycles. The molecule has 0 spiro atoms. The first kappa shape index (κ1) is 13.1. The van der Waals surface area contributed by atoms with E-state index < -0.39 is 0 Å². The zero-order valence-electron chi connectivity index (χ0n) is 11.9. The molecule has 5 nitrogen and oxygen atoms in total. The van der Waals surface area contributed by atoms with E-state index in [0.717, 1.165) is 50.5 Å². The minimum Gasteiger partial charge on any atom is -0.370 e. The van der Waals surface area contributed by atoms with Gasteiger partial charge in [-0.2, -0.15) is 4.98 Å². The van der Waals surface area contributed by atoms with Gasteiger partial charge in [0, 0.05) is 13.7 Å². The van der Waals surface area contributed by atoms with E-state index in [-0.39, 0.29) is 11.0 Å². The topological polar surface area (TPSA) is 60.2 Å². The van der Waals surface area contributed by atoms with E-state index in [1.54, 1.807) is 7.11 Å². The summed E-state index contributed by atoms with van der Waals surface area (Å²) in [6, 6.07) is 0. The van der Waals surface area contributed by atoms with Crippen molar-refractivity contribution in [1.82, 2.24) is 15.5 Å². The van der Waals surface area contributed by atoms with Crippen LogP contribution in [0.2, 0.25) is 0 Å². The van der Waals surface area contributed by atoms with Crippen LogP contribution in [-0.4, -0.2) is 30.3 Å². The maximum absolute atomic E-state index is 5.73. The fourth-order valence-electron chi connectivity index (χ4n) is 3.47. The van der Waals surface area contributed by atoms with Crippen LogP contribution in [0.25, 0.3) is 0 Å². The summed E-state index contributed by atoms with van der Waals surface area (Å²) in [5.41, 5.74) is -0.276. The Morgan fingerprint density at radius 2 is 2.11 bits per heavy atom. The van der Waals surface area contributed by atoms with Crippen molar-refractivity contribution in [2.45, 2.75) is 56.5 Å². The van der Waals surface area contributed by atoms with Gasteiger partial charge in [-0.05, 0) is 45.1 Å². The van der Waals surface area contributed by atoms with Crippen molar-refractivity contribution in [2.24, 2.45) is 0 Å². The molecule has 1 saturated heterocycles. The number of nitrogens with zero attached hydrogens (tertiary/aromatic N) is 2. The molecule has 0 radical (unpaired) electrons. The first-order chi connectivity index (χ1) is 9.25. The molecule has 1 saturated carbocycles. The lowest BCUT2D eigenvalue weighted by atomic mass is 9.84. The minimum atomic E-state index is -0.303. The zero-order chi connectivity index (χ0) is 13.3. The van der Waals surface area contributed by atoms with Gasteiger partial charge in [-0.25, -0.2) is 0 Å². The van der Waals surface area contributed by atoms with E-state index in [9.17, 15) is 0 Å². The molecule has 106 valence electrons. The smallest absolute Gasteiger partial charge is 0.234 e. The van der Waals surface area contributed by atoms with Crippen LogP contribution in [0, 0.1) is 0 Å². The molecule has 2 aliphatic rings. The molecule has 0 bridgehead atoms. The van der Waals surface area contributed by atoms with Crippen LogP contribution in [0.15, 0.2) is 4.52 Å². The van der Waals surface area contributed by atoms with Crippen molar-refractivity contribution in [3.63, 3.8) is 0 Å². The highest BCUT2D eigenvalue weighted by atomic mass is 16.5. The van der Waals surface area contributed by atoms with Gasteiger partial charge in [0.2, 0.25) is 11.7 Å². The summed E-state index contributed by atoms with van der Waals surface area (Å²) in [7, 11) is 1.76. The van der Waals surface area contributed by atoms with Gasteiger partial charge in [-0.15, -0.1) is 0 Å². The number of methoxy groups -OCH3 is 1. The monoisotopic (exact) mass is 265 g/mol. The summed E-state index contributed by atoms with van der Waals surface area (Å²) in [6.07, 6.45) is 6.46. The van der Waals surface area contributed by atoms with E-state index in [1.807, 2.05) is 0 Å². The third kappa shape index (κ3) is 1.99. The SMILES string of the molecule is CCC1(c2nc(C3(OC)CCCC3)no2)CCNC1. The van der Waals surface area contributed by atoms with Gasteiger partial charge in [-0.3, -0.25) is 0 Å². The van der Waals surface area contributed by atoms with Crippen molar-refractivity contribution < 1.29 is 9.26 Å². The molecule has 0 aromatic carbocycles. The van der Waals surface area contributed by atoms with Gasteiger partial charge < -0.3 is 14.6 Å². The van der Waals surface area contributed by atoms with E-state index in [1.165, 1.54) is 12.8 Å². The number of hydrogen-bond acceptors (Lipinski definition) is 5. The Morgan fingerprint density at radius 3 is 2.68 bits per heavy atom. The largest absolute Gasteiger partial charge is 0.370 e. The predicted octanol–water partition coefficient (Wildman–Crippen LogP) is 2.13. The number of ether oxygens (including phenoxy) is 1. The molecule has 1 aromatic heterocycles. The van der Waals surface area contributed by atoms with E-state index in [2.05, 4.69) is 17.4 Å². The standard InChI is InChI=1S/C14H23N3O2/c1-3-13(8-9-15-10-13)12-16-11(17-19-12)14(18-2)6-4-5-7-14/h15H,3-10H2,1-2H3. The molecule has 1 unspecified atom stereocenters. The Bertz CT molecular complexity index is 393. The summed E-state index contributed by atoms with van der Waals surface area (Å²) in [5, 5.41) is 7.65. The maximum atomic E-state index is 5.73. The molecular formula is C14H23N3O2.